The van der Waals surface area contributed by atoms with Crippen molar-refractivity contribution in [3.63, 3.8) is 0 Å². The first-order valence-electron chi connectivity index (χ1n) is 8.99. The van der Waals surface area contributed by atoms with Gasteiger partial charge in [-0.2, -0.15) is 0 Å². The maximum Gasteiger partial charge on any atom is 0.339 e. The van der Waals surface area contributed by atoms with Crippen molar-refractivity contribution in [2.75, 3.05) is 24.9 Å². The molecule has 0 unspecified atom stereocenters. The van der Waals surface area contributed by atoms with Crippen molar-refractivity contribution in [1.29, 1.82) is 0 Å². The highest BCUT2D eigenvalue weighted by Gasteiger charge is 2.21. The molecule has 0 aromatic heterocycles. The summed E-state index contributed by atoms with van der Waals surface area (Å²) in [7, 11) is 2.34. The summed E-state index contributed by atoms with van der Waals surface area (Å²) in [5.74, 6) is -3.52. The first-order chi connectivity index (χ1) is 14.8. The Hall–Kier alpha value is -4.40. The first-order valence-corrected chi connectivity index (χ1v) is 8.99. The van der Waals surface area contributed by atoms with Crippen molar-refractivity contribution < 1.29 is 33.8 Å². The summed E-state index contributed by atoms with van der Waals surface area (Å²) >= 11 is 0. The molecule has 0 saturated carbocycles. The van der Waals surface area contributed by atoms with Crippen LogP contribution in [0.4, 0.5) is 11.4 Å². The lowest BCUT2D eigenvalue weighted by atomic mass is 10.1. The zero-order valence-electron chi connectivity index (χ0n) is 16.6. The molecule has 0 fully saturated rings. The number of phenols is 1. The molecule has 0 saturated heterocycles. The van der Waals surface area contributed by atoms with Crippen LogP contribution in [0.25, 0.3) is 10.8 Å². The number of fused-ring (bicyclic) bond motifs is 1. The Kier molecular flexibility index (Phi) is 6.15. The van der Waals surface area contributed by atoms with Crippen molar-refractivity contribution >= 4 is 45.9 Å². The highest BCUT2D eigenvalue weighted by atomic mass is 16.5. The van der Waals surface area contributed by atoms with Crippen molar-refractivity contribution in [2.45, 2.75) is 0 Å². The molecule has 158 valence electrons. The predicted molar refractivity (Wildman–Crippen MR) is 112 cm³/mol. The topological polar surface area (TPSA) is 131 Å². The molecule has 3 rings (SSSR count). The van der Waals surface area contributed by atoms with Gasteiger partial charge in [0.25, 0.3) is 0 Å². The van der Waals surface area contributed by atoms with E-state index in [2.05, 4.69) is 20.1 Å². The quantitative estimate of drug-likeness (QED) is 0.435. The lowest BCUT2D eigenvalue weighted by Gasteiger charge is -2.12. The van der Waals surface area contributed by atoms with Crippen molar-refractivity contribution in [1.82, 2.24) is 0 Å². The monoisotopic (exact) mass is 422 g/mol. The third kappa shape index (κ3) is 4.45. The second-order valence-electron chi connectivity index (χ2n) is 6.33. The number of methoxy groups -OCH3 is 2. The molecule has 0 heterocycles. The molecule has 0 aliphatic heterocycles. The summed E-state index contributed by atoms with van der Waals surface area (Å²) < 4.78 is 9.30. The van der Waals surface area contributed by atoms with Gasteiger partial charge in [-0.1, -0.05) is 24.3 Å². The Labute approximate surface area is 176 Å². The molecule has 0 aliphatic carbocycles. The van der Waals surface area contributed by atoms with Crippen LogP contribution in [0.3, 0.4) is 0 Å². The van der Waals surface area contributed by atoms with Gasteiger partial charge >= 0.3 is 23.8 Å². The van der Waals surface area contributed by atoms with Crippen LogP contribution in [0.5, 0.6) is 5.75 Å². The largest absolute Gasteiger partial charge is 0.507 e. The zero-order valence-corrected chi connectivity index (χ0v) is 16.6. The molecule has 2 amide bonds. The first kappa shape index (κ1) is 21.3. The number of ether oxygens (including phenoxy) is 2. The summed E-state index contributed by atoms with van der Waals surface area (Å²) in [6, 6.07) is 13.5. The standard InChI is InChI=1S/C22H18N2O7/c1-30-21(28)12-9-10-15(22(29)31-2)17(11-12)24-20(27)19(26)23-16-7-3-6-14-13(16)5-4-8-18(14)25/h3-11,25H,1-2H3,(H,23,26)(H,24,27). The molecular weight excluding hydrogens is 404 g/mol. The zero-order chi connectivity index (χ0) is 22.5. The Morgan fingerprint density at radius 1 is 0.742 bits per heavy atom. The summed E-state index contributed by atoms with van der Waals surface area (Å²) in [5, 5.41) is 15.8. The number of anilines is 2. The van der Waals surface area contributed by atoms with Crippen LogP contribution in [0.15, 0.2) is 54.6 Å². The molecule has 0 spiro atoms. The lowest BCUT2D eigenvalue weighted by molar-refractivity contribution is -0.132. The van der Waals surface area contributed by atoms with E-state index in [4.69, 9.17) is 0 Å². The van der Waals surface area contributed by atoms with Crippen LogP contribution in [0.2, 0.25) is 0 Å². The molecular formula is C22H18N2O7. The minimum absolute atomic E-state index is 0.0281. The second-order valence-corrected chi connectivity index (χ2v) is 6.33. The molecule has 3 N–H and O–H groups in total. The molecule has 3 aromatic rings. The fraction of sp³-hybridized carbons (Fsp3) is 0.0909. The van der Waals surface area contributed by atoms with E-state index in [1.54, 1.807) is 30.3 Å². The Bertz CT molecular complexity index is 1200. The van der Waals surface area contributed by atoms with E-state index in [0.717, 1.165) is 7.11 Å². The average molecular weight is 422 g/mol. The maximum atomic E-state index is 12.5. The fourth-order valence-electron chi connectivity index (χ4n) is 2.94. The summed E-state index contributed by atoms with van der Waals surface area (Å²) in [6.07, 6.45) is 0. The van der Waals surface area contributed by atoms with E-state index in [9.17, 15) is 24.3 Å². The number of amides is 2. The molecule has 0 atom stereocenters. The van der Waals surface area contributed by atoms with Gasteiger partial charge in [0.2, 0.25) is 0 Å². The van der Waals surface area contributed by atoms with E-state index in [1.807, 2.05) is 0 Å². The van der Waals surface area contributed by atoms with Gasteiger partial charge in [0.15, 0.2) is 0 Å². The number of benzene rings is 3. The number of carbonyl (C=O) groups excluding carboxylic acids is 4. The Morgan fingerprint density at radius 2 is 1.35 bits per heavy atom. The highest BCUT2D eigenvalue weighted by molar-refractivity contribution is 6.44. The number of hydrogen-bond donors (Lipinski definition) is 3. The number of nitrogens with one attached hydrogen (secondary N) is 2. The molecule has 0 bridgehead atoms. The van der Waals surface area contributed by atoms with Crippen LogP contribution < -0.4 is 10.6 Å². The van der Waals surface area contributed by atoms with Gasteiger partial charge in [0, 0.05) is 16.5 Å². The van der Waals surface area contributed by atoms with Crippen molar-refractivity contribution in [3.8, 4) is 5.75 Å². The molecule has 0 radical (unpaired) electrons. The van der Waals surface area contributed by atoms with Gasteiger partial charge in [0.05, 0.1) is 31.0 Å². The number of esters is 2. The third-order valence-electron chi connectivity index (χ3n) is 4.45. The number of aromatic hydroxyl groups is 1. The van der Waals surface area contributed by atoms with Gasteiger partial charge in [-0.3, -0.25) is 9.59 Å². The van der Waals surface area contributed by atoms with E-state index >= 15 is 0 Å². The van der Waals surface area contributed by atoms with Crippen LogP contribution in [-0.2, 0) is 19.1 Å². The van der Waals surface area contributed by atoms with E-state index in [0.29, 0.717) is 16.5 Å². The molecule has 0 aliphatic rings. The van der Waals surface area contributed by atoms with Crippen LogP contribution in [-0.4, -0.2) is 43.1 Å². The molecule has 3 aromatic carbocycles. The third-order valence-corrected chi connectivity index (χ3v) is 4.45. The number of carbonyl (C=O) groups is 4. The number of hydrogen-bond acceptors (Lipinski definition) is 7. The smallest absolute Gasteiger partial charge is 0.339 e. The predicted octanol–water partition coefficient (Wildman–Crippen LogP) is 2.70. The summed E-state index contributed by atoms with van der Waals surface area (Å²) in [4.78, 5) is 48.7. The van der Waals surface area contributed by atoms with Crippen LogP contribution in [0, 0.1) is 0 Å². The average Bonchev–Trinajstić information content (AvgIpc) is 2.78. The van der Waals surface area contributed by atoms with Gasteiger partial charge in [-0.05, 0) is 30.3 Å². The maximum absolute atomic E-state index is 12.5. The lowest BCUT2D eigenvalue weighted by Crippen LogP contribution is -2.30. The Balaban J connectivity index is 1.87. The van der Waals surface area contributed by atoms with Crippen molar-refractivity contribution in [3.05, 3.63) is 65.7 Å². The summed E-state index contributed by atoms with van der Waals surface area (Å²) in [5.41, 5.74) is 0.234. The van der Waals surface area contributed by atoms with E-state index < -0.39 is 23.8 Å². The SMILES string of the molecule is COC(=O)c1ccc(C(=O)OC)c(NC(=O)C(=O)Nc2cccc3c(O)cccc23)c1. The minimum atomic E-state index is -1.08. The molecule has 9 heteroatoms. The van der Waals surface area contributed by atoms with Crippen molar-refractivity contribution in [2.24, 2.45) is 0 Å². The van der Waals surface area contributed by atoms with Gasteiger partial charge in [-0.25, -0.2) is 9.59 Å². The minimum Gasteiger partial charge on any atom is -0.507 e. The van der Waals surface area contributed by atoms with E-state index in [1.165, 1.54) is 31.4 Å². The van der Waals surface area contributed by atoms with Gasteiger partial charge in [-0.15, -0.1) is 0 Å². The van der Waals surface area contributed by atoms with Crippen LogP contribution >= 0.6 is 0 Å². The highest BCUT2D eigenvalue weighted by Crippen LogP contribution is 2.29. The Morgan fingerprint density at radius 3 is 2.03 bits per heavy atom. The number of phenolic OH excluding ortho intramolecular Hbond substituents is 1. The molecule has 31 heavy (non-hydrogen) atoms. The van der Waals surface area contributed by atoms with E-state index in [-0.39, 0.29) is 22.6 Å². The van der Waals surface area contributed by atoms with Gasteiger partial charge < -0.3 is 25.2 Å². The number of rotatable bonds is 4. The van der Waals surface area contributed by atoms with Gasteiger partial charge in [0.1, 0.15) is 5.75 Å². The fourth-order valence-corrected chi connectivity index (χ4v) is 2.94. The molecule has 9 nitrogen and oxygen atoms in total. The summed E-state index contributed by atoms with van der Waals surface area (Å²) in [6.45, 7) is 0. The normalized spacial score (nSPS) is 10.3. The second kappa shape index (κ2) is 8.95. The van der Waals surface area contributed by atoms with Crippen LogP contribution in [0.1, 0.15) is 20.7 Å².